The molecule has 4 rings (SSSR count). The Morgan fingerprint density at radius 3 is 0.938 bits per heavy atom. The fourth-order valence-corrected chi connectivity index (χ4v) is 6.68. The van der Waals surface area contributed by atoms with Crippen LogP contribution in [0.5, 0.6) is 0 Å². The van der Waals surface area contributed by atoms with Crippen LogP contribution < -0.4 is 0 Å². The van der Waals surface area contributed by atoms with Gasteiger partial charge in [-0.2, -0.15) is 0 Å². The number of fused-ring (bicyclic) bond motifs is 6. The molecule has 4 saturated heterocycles. The summed E-state index contributed by atoms with van der Waals surface area (Å²) >= 11 is 0. The Morgan fingerprint density at radius 1 is 0.396 bits per heavy atom. The van der Waals surface area contributed by atoms with E-state index < -0.39 is 17.9 Å². The van der Waals surface area contributed by atoms with Gasteiger partial charge in [-0.05, 0) is 65.5 Å². The second kappa shape index (κ2) is 26.8. The minimum absolute atomic E-state index is 0. The fraction of sp³-hybridized carbons (Fsp3) is 0.903. The Kier molecular flexibility index (Phi) is 26.3. The average Bonchev–Trinajstić information content (AvgIpc) is 2.98. The van der Waals surface area contributed by atoms with Gasteiger partial charge in [0.05, 0.1) is 19.6 Å². The van der Waals surface area contributed by atoms with Crippen LogP contribution in [0.2, 0.25) is 0 Å². The third-order valence-electron chi connectivity index (χ3n) is 9.40. The van der Waals surface area contributed by atoms with Crippen LogP contribution in [0.4, 0.5) is 0 Å². The van der Waals surface area contributed by atoms with E-state index in [2.05, 4.69) is 36.4 Å². The zero-order valence-corrected chi connectivity index (χ0v) is 31.4. The van der Waals surface area contributed by atoms with Gasteiger partial charge < -0.3 is 45.3 Å². The third-order valence-corrected chi connectivity index (χ3v) is 9.40. The maximum absolute atomic E-state index is 11.0. The number of carbonyl (C=O) groups is 3. The number of hydrogen-bond donors (Lipinski definition) is 3. The molecule has 2 radical (unpaired) electrons. The first-order chi connectivity index (χ1) is 21.7. The number of nitrogens with zero attached hydrogens (tertiary/aromatic N) is 8. The summed E-state index contributed by atoms with van der Waals surface area (Å²) in [6, 6.07) is 0. The van der Waals surface area contributed by atoms with Crippen LogP contribution in [0.1, 0.15) is 25.7 Å². The van der Waals surface area contributed by atoms with Crippen molar-refractivity contribution in [3.63, 3.8) is 0 Å². The number of aliphatic carboxylic acids is 3. The van der Waals surface area contributed by atoms with Crippen molar-refractivity contribution in [2.24, 2.45) is 0 Å². The van der Waals surface area contributed by atoms with Crippen LogP contribution in [0.3, 0.4) is 0 Å². The van der Waals surface area contributed by atoms with Crippen molar-refractivity contribution < 1.29 is 69.3 Å². The number of rotatable bonds is 6. The van der Waals surface area contributed by atoms with E-state index >= 15 is 0 Å². The van der Waals surface area contributed by atoms with Gasteiger partial charge >= 0.3 is 17.9 Å². The molecule has 4 heterocycles. The van der Waals surface area contributed by atoms with Gasteiger partial charge in [0.1, 0.15) is 0 Å². The van der Waals surface area contributed by atoms with Gasteiger partial charge in [0, 0.05) is 132 Å². The molecule has 0 amide bonds. The van der Waals surface area contributed by atoms with Gasteiger partial charge in [0.25, 0.3) is 0 Å². The van der Waals surface area contributed by atoms with Crippen LogP contribution in [0.25, 0.3) is 0 Å². The van der Waals surface area contributed by atoms with Gasteiger partial charge in [0.15, 0.2) is 0 Å². The number of carboxylic acids is 3. The minimum Gasteiger partial charge on any atom is -0.480 e. The maximum Gasteiger partial charge on any atom is 0.317 e. The zero-order chi connectivity index (χ0) is 32.4. The molecule has 0 aliphatic carbocycles. The molecule has 5 N–H and O–H groups in total. The summed E-state index contributed by atoms with van der Waals surface area (Å²) in [6.07, 6.45) is 4.17. The minimum atomic E-state index is -0.763. The molecule has 0 aromatic rings. The third kappa shape index (κ3) is 20.7. The zero-order valence-electron chi connectivity index (χ0n) is 29.0. The summed E-state index contributed by atoms with van der Waals surface area (Å²) in [5, 5.41) is 27.1. The van der Waals surface area contributed by atoms with Crippen molar-refractivity contribution in [3.05, 3.63) is 0 Å². The summed E-state index contributed by atoms with van der Waals surface area (Å²) in [6.45, 7) is 19.8. The molecular weight excluding hydrogens is 706 g/mol. The number of likely N-dealkylation sites (N-methyl/N-ethyl adjacent to an activating group) is 1. The van der Waals surface area contributed by atoms with Gasteiger partial charge in [-0.25, -0.2) is 0 Å². The molecule has 4 aliphatic rings. The topological polar surface area (TPSA) is 169 Å². The predicted octanol–water partition coefficient (Wildman–Crippen LogP) is -1.94. The van der Waals surface area contributed by atoms with Crippen LogP contribution in [-0.4, -0.2) is 235 Å². The second-order valence-corrected chi connectivity index (χ2v) is 13.1. The molecule has 17 heteroatoms. The molecule has 4 bridgehead atoms. The second-order valence-electron chi connectivity index (χ2n) is 13.1. The quantitative estimate of drug-likeness (QED) is 0.255. The average molecular weight is 769 g/mol. The van der Waals surface area contributed by atoms with Gasteiger partial charge in [-0.1, -0.05) is 0 Å². The van der Waals surface area contributed by atoms with Crippen LogP contribution in [-0.2, 0) is 48.5 Å². The molecule has 15 nitrogen and oxygen atoms in total. The normalized spacial score (nSPS) is 27.7. The van der Waals surface area contributed by atoms with E-state index in [1.54, 1.807) is 0 Å². The number of hydrogen-bond acceptors (Lipinski definition) is 11. The molecule has 282 valence electrons. The van der Waals surface area contributed by atoms with E-state index in [0.717, 1.165) is 150 Å². The summed E-state index contributed by atoms with van der Waals surface area (Å²) in [5.74, 6) is -2.24. The first-order valence-electron chi connectivity index (χ1n) is 17.1. The van der Waals surface area contributed by atoms with Gasteiger partial charge in [0.2, 0.25) is 0 Å². The van der Waals surface area contributed by atoms with E-state index in [0.29, 0.717) is 0 Å². The molecule has 4 unspecified atom stereocenters. The smallest absolute Gasteiger partial charge is 0.317 e. The molecule has 0 aromatic carbocycles. The van der Waals surface area contributed by atoms with E-state index in [9.17, 15) is 14.4 Å². The van der Waals surface area contributed by atoms with E-state index in [1.807, 2.05) is 9.80 Å². The van der Waals surface area contributed by atoms with Crippen LogP contribution >= 0.6 is 0 Å². The Morgan fingerprint density at radius 2 is 0.646 bits per heavy atom. The summed E-state index contributed by atoms with van der Waals surface area (Å²) in [4.78, 5) is 51.4. The standard InChI is InChI=1S/C16H30N4O4.C15H30N4O2.2Mn.H2O/c21-15(22)13-19-5-1-3-17-7-8-18(10-11-19)4-2-6-20(12-9-17)14-16(23)24;1-16-4-2-5-18-11-10-17(9-8-16)6-3-7-19(13-12-18)14-15(20)21;;;/h1-14H2,(H,21,22)(H,23,24);2-14H2,1H3,(H,20,21);;;1H2. The van der Waals surface area contributed by atoms with E-state index in [4.69, 9.17) is 15.3 Å². The Labute approximate surface area is 308 Å². The maximum atomic E-state index is 11.0. The van der Waals surface area contributed by atoms with Crippen LogP contribution in [0, 0.1) is 0 Å². The summed E-state index contributed by atoms with van der Waals surface area (Å²) < 4.78 is 0. The summed E-state index contributed by atoms with van der Waals surface area (Å²) in [5.41, 5.74) is 0. The number of carboxylic acid groups (broad SMARTS) is 3. The molecule has 48 heavy (non-hydrogen) atoms. The van der Waals surface area contributed by atoms with Gasteiger partial charge in [-0.15, -0.1) is 0 Å². The van der Waals surface area contributed by atoms with Crippen molar-refractivity contribution in [1.82, 2.24) is 39.2 Å². The van der Waals surface area contributed by atoms with Crippen molar-refractivity contribution in [1.29, 1.82) is 0 Å². The monoisotopic (exact) mass is 768 g/mol. The molecule has 0 aromatic heterocycles. The van der Waals surface area contributed by atoms with E-state index in [1.165, 1.54) is 6.42 Å². The molecule has 0 saturated carbocycles. The molecular formula is C31H62Mn2N8O7. The first-order valence-corrected chi connectivity index (χ1v) is 17.1. The molecule has 0 spiro atoms. The van der Waals surface area contributed by atoms with Crippen molar-refractivity contribution in [2.75, 3.05) is 158 Å². The Bertz CT molecular complexity index is 862. The molecule has 4 fully saturated rings. The Hall–Kier alpha value is -0.911. The largest absolute Gasteiger partial charge is 0.480 e. The predicted molar refractivity (Wildman–Crippen MR) is 178 cm³/mol. The van der Waals surface area contributed by atoms with Crippen molar-refractivity contribution in [3.8, 4) is 0 Å². The Balaban J connectivity index is 0.000000873. The van der Waals surface area contributed by atoms with Crippen molar-refractivity contribution in [2.45, 2.75) is 25.7 Å². The van der Waals surface area contributed by atoms with Crippen molar-refractivity contribution >= 4 is 17.9 Å². The molecule has 4 atom stereocenters. The molecule has 4 aliphatic heterocycles. The van der Waals surface area contributed by atoms with E-state index in [-0.39, 0.29) is 59.2 Å². The summed E-state index contributed by atoms with van der Waals surface area (Å²) in [7, 11) is 2.21. The SMILES string of the molecule is CN1CCCN2CCN(CCCN(CC(=O)O)CC2)CC1.O.O=C(O)CN1CCCN2CCN(CCCN(CC(=O)O)CC2)CC1.[Mn].[Mn]. The van der Waals surface area contributed by atoms with Crippen LogP contribution in [0.15, 0.2) is 0 Å². The first kappa shape index (κ1) is 47.1. The fourth-order valence-electron chi connectivity index (χ4n) is 6.68. The van der Waals surface area contributed by atoms with Gasteiger partial charge in [-0.3, -0.25) is 29.1 Å².